The third kappa shape index (κ3) is 2.73. The first-order valence-electron chi connectivity index (χ1n) is 7.27. The highest BCUT2D eigenvalue weighted by Gasteiger charge is 2.39. The van der Waals surface area contributed by atoms with Crippen molar-refractivity contribution >= 4 is 12.4 Å². The zero-order chi connectivity index (χ0) is 15.2. The van der Waals surface area contributed by atoms with E-state index in [0.717, 1.165) is 36.2 Å². The molecular weight excluding hydrogens is 316 g/mol. The van der Waals surface area contributed by atoms with Gasteiger partial charge < -0.3 is 10.3 Å². The van der Waals surface area contributed by atoms with Crippen LogP contribution in [0.25, 0.3) is 22.8 Å². The van der Waals surface area contributed by atoms with Gasteiger partial charge in [-0.15, -0.1) is 12.4 Å². The normalized spacial score (nSPS) is 15.7. The van der Waals surface area contributed by atoms with Crippen LogP contribution < -0.4 is 5.73 Å². The Morgan fingerprint density at radius 3 is 2.65 bits per heavy atom. The Labute approximate surface area is 139 Å². The van der Waals surface area contributed by atoms with Gasteiger partial charge in [-0.1, -0.05) is 17.3 Å². The number of benzene rings is 1. The van der Waals surface area contributed by atoms with E-state index in [1.807, 2.05) is 31.2 Å². The lowest BCUT2D eigenvalue weighted by molar-refractivity contribution is 0.229. The van der Waals surface area contributed by atoms with Gasteiger partial charge in [0.1, 0.15) is 5.82 Å². The Morgan fingerprint density at radius 1 is 1.22 bits per heavy atom. The molecule has 0 radical (unpaired) electrons. The van der Waals surface area contributed by atoms with Crippen molar-refractivity contribution < 1.29 is 4.52 Å². The molecule has 1 fully saturated rings. The fourth-order valence-corrected chi connectivity index (χ4v) is 2.59. The minimum absolute atomic E-state index is 0. The van der Waals surface area contributed by atoms with Crippen LogP contribution in [0.2, 0.25) is 0 Å². The summed E-state index contributed by atoms with van der Waals surface area (Å²) in [7, 11) is 0. The average Bonchev–Trinajstić information content (AvgIpc) is 3.14. The van der Waals surface area contributed by atoms with Crippen LogP contribution >= 0.6 is 12.4 Å². The summed E-state index contributed by atoms with van der Waals surface area (Å²) in [5.41, 5.74) is 7.54. The van der Waals surface area contributed by atoms with E-state index in [9.17, 15) is 0 Å². The summed E-state index contributed by atoms with van der Waals surface area (Å²) in [6.45, 7) is 1.87. The van der Waals surface area contributed by atoms with Crippen LogP contribution in [-0.4, -0.2) is 25.3 Å². The van der Waals surface area contributed by atoms with Gasteiger partial charge in [0.25, 0.3) is 5.89 Å². The van der Waals surface area contributed by atoms with Crippen LogP contribution in [-0.2, 0) is 5.54 Å². The largest absolute Gasteiger partial charge is 0.334 e. The number of H-pyrrole nitrogens is 1. The topological polar surface area (TPSA) is 107 Å². The van der Waals surface area contributed by atoms with E-state index in [4.69, 9.17) is 10.3 Å². The molecule has 0 bridgehead atoms. The zero-order valence-corrected chi connectivity index (χ0v) is 13.4. The van der Waals surface area contributed by atoms with Crippen LogP contribution in [0.5, 0.6) is 0 Å². The second kappa shape index (κ2) is 5.75. The third-order valence-corrected chi connectivity index (χ3v) is 4.08. The van der Waals surface area contributed by atoms with E-state index in [0.29, 0.717) is 17.5 Å². The van der Waals surface area contributed by atoms with Crippen molar-refractivity contribution in [2.24, 2.45) is 5.73 Å². The minimum Gasteiger partial charge on any atom is -0.334 e. The number of halogens is 1. The molecule has 0 spiro atoms. The van der Waals surface area contributed by atoms with Gasteiger partial charge in [0.05, 0.1) is 5.54 Å². The molecule has 0 unspecified atom stereocenters. The lowest BCUT2D eigenvalue weighted by Crippen LogP contribution is -2.44. The quantitative estimate of drug-likeness (QED) is 0.763. The van der Waals surface area contributed by atoms with E-state index in [1.54, 1.807) is 0 Å². The number of nitrogens with two attached hydrogens (primary N) is 1. The Kier molecular flexibility index (Phi) is 3.91. The van der Waals surface area contributed by atoms with Gasteiger partial charge in [-0.2, -0.15) is 10.1 Å². The predicted molar refractivity (Wildman–Crippen MR) is 86.8 cm³/mol. The van der Waals surface area contributed by atoms with Crippen LogP contribution in [0.3, 0.4) is 0 Å². The maximum absolute atomic E-state index is 6.23. The Bertz CT molecular complexity index is 823. The van der Waals surface area contributed by atoms with Crippen molar-refractivity contribution in [2.45, 2.75) is 31.7 Å². The average molecular weight is 333 g/mol. The minimum atomic E-state index is -0.416. The Morgan fingerprint density at radius 2 is 2.00 bits per heavy atom. The van der Waals surface area contributed by atoms with Crippen LogP contribution in [0.4, 0.5) is 0 Å². The molecule has 3 aromatic rings. The van der Waals surface area contributed by atoms with Gasteiger partial charge in [0.15, 0.2) is 11.6 Å². The van der Waals surface area contributed by atoms with Gasteiger partial charge in [-0.05, 0) is 38.3 Å². The third-order valence-electron chi connectivity index (χ3n) is 4.08. The van der Waals surface area contributed by atoms with E-state index in [2.05, 4.69) is 25.3 Å². The lowest BCUT2D eigenvalue weighted by atomic mass is 9.77. The molecular formula is C15H17ClN6O. The molecule has 4 rings (SSSR count). The van der Waals surface area contributed by atoms with Crippen LogP contribution in [0.1, 0.15) is 30.9 Å². The van der Waals surface area contributed by atoms with Gasteiger partial charge in [-0.3, -0.25) is 5.10 Å². The maximum atomic E-state index is 6.23. The number of hydrogen-bond donors (Lipinski definition) is 2. The molecule has 1 aliphatic rings. The highest BCUT2D eigenvalue weighted by molar-refractivity contribution is 5.85. The summed E-state index contributed by atoms with van der Waals surface area (Å²) in [5.74, 6) is 2.48. The summed E-state index contributed by atoms with van der Waals surface area (Å²) in [6, 6.07) is 7.72. The van der Waals surface area contributed by atoms with E-state index in [-0.39, 0.29) is 12.4 Å². The fourth-order valence-electron chi connectivity index (χ4n) is 2.59. The molecule has 0 aliphatic heterocycles. The van der Waals surface area contributed by atoms with Crippen molar-refractivity contribution in [3.63, 3.8) is 0 Å². The van der Waals surface area contributed by atoms with Crippen LogP contribution in [0.15, 0.2) is 28.8 Å². The van der Waals surface area contributed by atoms with E-state index < -0.39 is 5.54 Å². The second-order valence-electron chi connectivity index (χ2n) is 5.76. The first-order valence-corrected chi connectivity index (χ1v) is 7.27. The Balaban J connectivity index is 0.00000156. The lowest BCUT2D eigenvalue weighted by Gasteiger charge is -2.34. The van der Waals surface area contributed by atoms with Crippen molar-refractivity contribution in [3.05, 3.63) is 35.9 Å². The van der Waals surface area contributed by atoms with Crippen LogP contribution in [0, 0.1) is 6.92 Å². The predicted octanol–water partition coefficient (Wildman–Crippen LogP) is 2.59. The summed E-state index contributed by atoms with van der Waals surface area (Å²) in [5, 5.41) is 11.0. The highest BCUT2D eigenvalue weighted by atomic mass is 35.5. The molecule has 0 amide bonds. The Hall–Kier alpha value is -2.25. The molecule has 1 aliphatic carbocycles. The number of nitrogens with zero attached hydrogens (tertiary/aromatic N) is 4. The molecule has 2 heterocycles. The smallest absolute Gasteiger partial charge is 0.258 e. The molecule has 8 heteroatoms. The number of aromatic nitrogens is 5. The monoisotopic (exact) mass is 332 g/mol. The van der Waals surface area contributed by atoms with Crippen molar-refractivity contribution in [3.8, 4) is 22.8 Å². The molecule has 0 saturated heterocycles. The molecule has 23 heavy (non-hydrogen) atoms. The van der Waals surface area contributed by atoms with Crippen molar-refractivity contribution in [1.29, 1.82) is 0 Å². The molecule has 7 nitrogen and oxygen atoms in total. The second-order valence-corrected chi connectivity index (χ2v) is 5.76. The number of aryl methyl sites for hydroxylation is 1. The van der Waals surface area contributed by atoms with E-state index in [1.165, 1.54) is 0 Å². The molecule has 1 aromatic carbocycles. The van der Waals surface area contributed by atoms with Gasteiger partial charge in [-0.25, -0.2) is 4.98 Å². The summed E-state index contributed by atoms with van der Waals surface area (Å²) >= 11 is 0. The first-order chi connectivity index (χ1) is 10.6. The zero-order valence-electron chi connectivity index (χ0n) is 12.6. The van der Waals surface area contributed by atoms with Gasteiger partial charge >= 0.3 is 0 Å². The summed E-state index contributed by atoms with van der Waals surface area (Å²) in [4.78, 5) is 8.79. The summed E-state index contributed by atoms with van der Waals surface area (Å²) < 4.78 is 5.38. The molecule has 3 N–H and O–H groups in total. The number of aromatic amines is 1. The SMILES string of the molecule is Cc1nc(-c2cccc(-c3nc(C4(N)CCC4)no3)c2)n[nH]1.Cl. The first kappa shape index (κ1) is 15.6. The number of rotatable bonds is 3. The molecule has 0 atom stereocenters. The van der Waals surface area contributed by atoms with Crippen molar-refractivity contribution in [1.82, 2.24) is 25.3 Å². The van der Waals surface area contributed by atoms with E-state index >= 15 is 0 Å². The standard InChI is InChI=1S/C15H16N6O.ClH/c1-9-17-12(20-19-9)10-4-2-5-11(8-10)13-18-14(21-22-13)15(16)6-3-7-15;/h2,4-5,8H,3,6-7,16H2,1H3,(H,17,19,20);1H. The number of hydrogen-bond acceptors (Lipinski definition) is 6. The number of nitrogens with one attached hydrogen (secondary N) is 1. The van der Waals surface area contributed by atoms with Crippen molar-refractivity contribution in [2.75, 3.05) is 0 Å². The highest BCUT2D eigenvalue weighted by Crippen LogP contribution is 2.37. The van der Waals surface area contributed by atoms with Gasteiger partial charge in [0.2, 0.25) is 0 Å². The fraction of sp³-hybridized carbons (Fsp3) is 0.333. The summed E-state index contributed by atoms with van der Waals surface area (Å²) in [6.07, 6.45) is 2.92. The molecule has 120 valence electrons. The molecule has 1 saturated carbocycles. The van der Waals surface area contributed by atoms with Gasteiger partial charge in [0, 0.05) is 11.1 Å². The maximum Gasteiger partial charge on any atom is 0.258 e. The molecule has 2 aromatic heterocycles.